The number of hydrogen-bond donors (Lipinski definition) is 1. The van der Waals surface area contributed by atoms with E-state index in [2.05, 4.69) is 28.2 Å². The van der Waals surface area contributed by atoms with Crippen molar-refractivity contribution in [2.24, 2.45) is 0 Å². The summed E-state index contributed by atoms with van der Waals surface area (Å²) in [4.78, 5) is 0. The maximum atomic E-state index is 6.13. The molecule has 2 unspecified atom stereocenters. The molecule has 0 amide bonds. The zero-order valence-corrected chi connectivity index (χ0v) is 11.6. The van der Waals surface area contributed by atoms with Gasteiger partial charge in [-0.2, -0.15) is 11.8 Å². The van der Waals surface area contributed by atoms with Crippen molar-refractivity contribution in [3.05, 3.63) is 27.7 Å². The van der Waals surface area contributed by atoms with E-state index in [1.54, 1.807) is 0 Å². The van der Waals surface area contributed by atoms with Crippen LogP contribution < -0.4 is 5.32 Å². The highest BCUT2D eigenvalue weighted by molar-refractivity contribution is 9.10. The molecule has 0 aromatic heterocycles. The van der Waals surface area contributed by atoms with Crippen molar-refractivity contribution < 1.29 is 0 Å². The van der Waals surface area contributed by atoms with Gasteiger partial charge in [0.15, 0.2) is 0 Å². The van der Waals surface area contributed by atoms with Gasteiger partial charge < -0.3 is 5.32 Å². The fourth-order valence-corrected chi connectivity index (χ4v) is 3.46. The molecule has 1 N–H and O–H groups in total. The van der Waals surface area contributed by atoms with Gasteiger partial charge in [-0.3, -0.25) is 0 Å². The Balaban J connectivity index is 2.12. The molecule has 1 aliphatic heterocycles. The lowest BCUT2D eigenvalue weighted by Crippen LogP contribution is -2.24. The van der Waals surface area contributed by atoms with E-state index in [1.165, 1.54) is 12.2 Å². The second kappa shape index (κ2) is 4.98. The van der Waals surface area contributed by atoms with Crippen molar-refractivity contribution in [2.75, 3.05) is 11.1 Å². The molecular weight excluding hydrogens is 294 g/mol. The van der Waals surface area contributed by atoms with E-state index >= 15 is 0 Å². The minimum atomic E-state index is 0.543. The zero-order valence-electron chi connectivity index (χ0n) is 8.47. The summed E-state index contributed by atoms with van der Waals surface area (Å²) < 4.78 is 1.06. The second-order valence-corrected chi connectivity index (χ2v) is 6.55. The van der Waals surface area contributed by atoms with Gasteiger partial charge >= 0.3 is 0 Å². The maximum absolute atomic E-state index is 6.13. The van der Waals surface area contributed by atoms with Gasteiger partial charge in [-0.1, -0.05) is 34.5 Å². The molecule has 15 heavy (non-hydrogen) atoms. The van der Waals surface area contributed by atoms with Crippen molar-refractivity contribution in [1.82, 2.24) is 0 Å². The fourth-order valence-electron chi connectivity index (χ4n) is 1.73. The quantitative estimate of drug-likeness (QED) is 0.868. The largest absolute Gasteiger partial charge is 0.380 e. The average molecular weight is 307 g/mol. The Bertz CT molecular complexity index is 358. The molecule has 4 heteroatoms. The smallest absolute Gasteiger partial charge is 0.0638 e. The summed E-state index contributed by atoms with van der Waals surface area (Å²) in [5.41, 5.74) is 1.03. The van der Waals surface area contributed by atoms with Gasteiger partial charge in [0.25, 0.3) is 0 Å². The fraction of sp³-hybridized carbons (Fsp3) is 0.455. The number of anilines is 1. The zero-order chi connectivity index (χ0) is 10.8. The SMILES string of the molecule is CC1SCCC1Nc1cc(Br)ccc1Cl. The lowest BCUT2D eigenvalue weighted by molar-refractivity contribution is 0.724. The minimum Gasteiger partial charge on any atom is -0.380 e. The molecule has 0 spiro atoms. The van der Waals surface area contributed by atoms with Crippen LogP contribution in [-0.2, 0) is 0 Å². The number of nitrogens with one attached hydrogen (secondary N) is 1. The predicted molar refractivity (Wildman–Crippen MR) is 73.1 cm³/mol. The van der Waals surface area contributed by atoms with Crippen LogP contribution in [0.5, 0.6) is 0 Å². The second-order valence-electron chi connectivity index (χ2n) is 3.74. The van der Waals surface area contributed by atoms with E-state index < -0.39 is 0 Å². The molecule has 0 saturated carbocycles. The van der Waals surface area contributed by atoms with Gasteiger partial charge in [0, 0.05) is 15.8 Å². The normalized spacial score (nSPS) is 25.5. The molecule has 1 heterocycles. The van der Waals surface area contributed by atoms with Crippen molar-refractivity contribution in [3.8, 4) is 0 Å². The van der Waals surface area contributed by atoms with Gasteiger partial charge in [0.05, 0.1) is 10.7 Å². The lowest BCUT2D eigenvalue weighted by Gasteiger charge is -2.18. The number of hydrogen-bond acceptors (Lipinski definition) is 2. The Morgan fingerprint density at radius 2 is 2.33 bits per heavy atom. The van der Waals surface area contributed by atoms with Crippen LogP contribution in [0.1, 0.15) is 13.3 Å². The molecule has 1 saturated heterocycles. The Kier molecular flexibility index (Phi) is 3.86. The first kappa shape index (κ1) is 11.6. The summed E-state index contributed by atoms with van der Waals surface area (Å²) in [6.45, 7) is 2.27. The van der Waals surface area contributed by atoms with Crippen molar-refractivity contribution in [2.45, 2.75) is 24.6 Å². The molecule has 2 rings (SSSR count). The van der Waals surface area contributed by atoms with Crippen LogP contribution in [0, 0.1) is 0 Å². The van der Waals surface area contributed by atoms with Gasteiger partial charge in [-0.15, -0.1) is 0 Å². The lowest BCUT2D eigenvalue weighted by atomic mass is 10.1. The van der Waals surface area contributed by atoms with Crippen LogP contribution in [0.3, 0.4) is 0 Å². The Hall–Kier alpha value is 0.140. The minimum absolute atomic E-state index is 0.543. The molecule has 82 valence electrons. The number of rotatable bonds is 2. The Morgan fingerprint density at radius 3 is 3.00 bits per heavy atom. The van der Waals surface area contributed by atoms with Gasteiger partial charge in [0.1, 0.15) is 0 Å². The van der Waals surface area contributed by atoms with E-state index in [4.69, 9.17) is 11.6 Å². The van der Waals surface area contributed by atoms with E-state index in [1.807, 2.05) is 30.0 Å². The molecule has 0 radical (unpaired) electrons. The molecule has 1 fully saturated rings. The number of benzene rings is 1. The Labute approximate surface area is 108 Å². The van der Waals surface area contributed by atoms with Crippen molar-refractivity contribution >= 4 is 45.0 Å². The maximum Gasteiger partial charge on any atom is 0.0638 e. The summed E-state index contributed by atoms with van der Waals surface area (Å²) in [6.07, 6.45) is 1.22. The molecule has 1 aromatic carbocycles. The molecule has 0 aliphatic carbocycles. The van der Waals surface area contributed by atoms with Gasteiger partial charge in [-0.05, 0) is 30.4 Å². The standard InChI is InChI=1S/C11H13BrClNS/c1-7-10(4-5-15-7)14-11-6-8(12)2-3-9(11)13/h2-3,6-7,10,14H,4-5H2,1H3. The third-order valence-electron chi connectivity index (χ3n) is 2.65. The number of halogens is 2. The highest BCUT2D eigenvalue weighted by atomic mass is 79.9. The molecule has 1 aromatic rings. The summed E-state index contributed by atoms with van der Waals surface area (Å²) in [5, 5.41) is 4.98. The highest BCUT2D eigenvalue weighted by Crippen LogP contribution is 2.32. The van der Waals surface area contributed by atoms with Gasteiger partial charge in [0.2, 0.25) is 0 Å². The van der Waals surface area contributed by atoms with Crippen LogP contribution in [0.15, 0.2) is 22.7 Å². The van der Waals surface area contributed by atoms with Crippen LogP contribution in [-0.4, -0.2) is 17.0 Å². The van der Waals surface area contributed by atoms with E-state index in [0.29, 0.717) is 11.3 Å². The summed E-state index contributed by atoms with van der Waals surface area (Å²) >= 11 is 11.6. The van der Waals surface area contributed by atoms with Crippen LogP contribution in [0.2, 0.25) is 5.02 Å². The van der Waals surface area contributed by atoms with Crippen LogP contribution >= 0.6 is 39.3 Å². The molecular formula is C11H13BrClNS. The topological polar surface area (TPSA) is 12.0 Å². The Morgan fingerprint density at radius 1 is 1.53 bits per heavy atom. The summed E-state index contributed by atoms with van der Waals surface area (Å²) in [6, 6.07) is 6.46. The van der Waals surface area contributed by atoms with E-state index in [0.717, 1.165) is 15.2 Å². The molecule has 1 nitrogen and oxygen atoms in total. The molecule has 0 bridgehead atoms. The van der Waals surface area contributed by atoms with Crippen LogP contribution in [0.4, 0.5) is 5.69 Å². The van der Waals surface area contributed by atoms with Crippen LogP contribution in [0.25, 0.3) is 0 Å². The summed E-state index contributed by atoms with van der Waals surface area (Å²) in [7, 11) is 0. The van der Waals surface area contributed by atoms with Crippen molar-refractivity contribution in [1.29, 1.82) is 0 Å². The monoisotopic (exact) mass is 305 g/mol. The predicted octanol–water partition coefficient (Wildman–Crippen LogP) is 4.41. The van der Waals surface area contributed by atoms with Crippen molar-refractivity contribution in [3.63, 3.8) is 0 Å². The third kappa shape index (κ3) is 2.83. The first-order chi connectivity index (χ1) is 7.16. The molecule has 2 atom stereocenters. The molecule has 1 aliphatic rings. The number of thioether (sulfide) groups is 1. The first-order valence-corrected chi connectivity index (χ1v) is 7.22. The van der Waals surface area contributed by atoms with E-state index in [-0.39, 0.29) is 0 Å². The first-order valence-electron chi connectivity index (χ1n) is 5.00. The highest BCUT2D eigenvalue weighted by Gasteiger charge is 2.24. The summed E-state index contributed by atoms with van der Waals surface area (Å²) in [5.74, 6) is 1.24. The average Bonchev–Trinajstić information content (AvgIpc) is 2.58. The van der Waals surface area contributed by atoms with Gasteiger partial charge in [-0.25, -0.2) is 0 Å². The van der Waals surface area contributed by atoms with E-state index in [9.17, 15) is 0 Å². The third-order valence-corrected chi connectivity index (χ3v) is 4.79.